The van der Waals surface area contributed by atoms with Crippen LogP contribution < -0.4 is 4.90 Å². The molecule has 0 spiro atoms. The number of rotatable bonds is 6. The Morgan fingerprint density at radius 2 is 2.37 bits per heavy atom. The Bertz CT molecular complexity index is 606. The molecule has 0 amide bonds. The summed E-state index contributed by atoms with van der Waals surface area (Å²) in [6.07, 6.45) is 2.67. The highest BCUT2D eigenvalue weighted by molar-refractivity contribution is 5.80. The summed E-state index contributed by atoms with van der Waals surface area (Å²) in [4.78, 5) is 12.3. The molecule has 0 bridgehead atoms. The summed E-state index contributed by atoms with van der Waals surface area (Å²) in [6, 6.07) is 5.63. The van der Waals surface area contributed by atoms with Gasteiger partial charge in [0.05, 0.1) is 5.52 Å². The van der Waals surface area contributed by atoms with E-state index in [1.54, 1.807) is 11.9 Å². The van der Waals surface area contributed by atoms with E-state index in [4.69, 9.17) is 5.11 Å². The minimum absolute atomic E-state index is 0.0455. The van der Waals surface area contributed by atoms with E-state index in [1.165, 1.54) is 0 Å². The third-order valence-corrected chi connectivity index (χ3v) is 2.86. The van der Waals surface area contributed by atoms with E-state index in [-0.39, 0.29) is 6.54 Å². The Kier molecular flexibility index (Phi) is 3.79. The number of likely N-dealkylation sites (N-methyl/N-ethyl adjacent to an activating group) is 1. The largest absolute Gasteiger partial charge is 0.480 e. The van der Waals surface area contributed by atoms with Gasteiger partial charge in [0.15, 0.2) is 0 Å². The number of benzene rings is 1. The first-order valence-electron chi connectivity index (χ1n) is 5.99. The van der Waals surface area contributed by atoms with E-state index in [9.17, 15) is 4.79 Å². The molecule has 19 heavy (non-hydrogen) atoms. The molecule has 0 aliphatic heterocycles. The number of nitrogens with zero attached hydrogens (tertiary/aromatic N) is 4. The Balaban J connectivity index is 2.26. The second-order valence-electron chi connectivity index (χ2n) is 4.31. The first-order valence-corrected chi connectivity index (χ1v) is 5.99. The average Bonchev–Trinajstić information content (AvgIpc) is 2.77. The fourth-order valence-electron chi connectivity index (χ4n) is 1.87. The molecule has 0 saturated carbocycles. The van der Waals surface area contributed by atoms with Crippen LogP contribution in [0.1, 0.15) is 6.42 Å². The summed E-state index contributed by atoms with van der Waals surface area (Å²) in [6.45, 7) is 4.38. The van der Waals surface area contributed by atoms with Crippen molar-refractivity contribution >= 4 is 22.7 Å². The van der Waals surface area contributed by atoms with Gasteiger partial charge >= 0.3 is 5.97 Å². The molecule has 0 aliphatic carbocycles. The van der Waals surface area contributed by atoms with E-state index in [1.807, 2.05) is 29.0 Å². The van der Waals surface area contributed by atoms with Crippen LogP contribution >= 0.6 is 0 Å². The maximum Gasteiger partial charge on any atom is 0.323 e. The number of allylic oxidation sites excluding steroid dienone is 1. The van der Waals surface area contributed by atoms with Crippen molar-refractivity contribution in [2.24, 2.45) is 0 Å². The van der Waals surface area contributed by atoms with Crippen LogP contribution in [0, 0.1) is 0 Å². The zero-order valence-electron chi connectivity index (χ0n) is 10.8. The smallest absolute Gasteiger partial charge is 0.323 e. The Labute approximate surface area is 110 Å². The number of hydrogen-bond donors (Lipinski definition) is 1. The first-order chi connectivity index (χ1) is 9.11. The third-order valence-electron chi connectivity index (χ3n) is 2.86. The van der Waals surface area contributed by atoms with E-state index in [0.29, 0.717) is 0 Å². The van der Waals surface area contributed by atoms with Gasteiger partial charge in [-0.25, -0.2) is 4.68 Å². The molecule has 6 nitrogen and oxygen atoms in total. The van der Waals surface area contributed by atoms with Gasteiger partial charge in [-0.3, -0.25) is 4.79 Å². The maximum atomic E-state index is 10.7. The van der Waals surface area contributed by atoms with Gasteiger partial charge in [0.2, 0.25) is 0 Å². The molecular formula is C13H16N4O2. The van der Waals surface area contributed by atoms with Crippen molar-refractivity contribution in [2.45, 2.75) is 13.0 Å². The number of aliphatic carboxylic acids is 1. The van der Waals surface area contributed by atoms with Crippen LogP contribution in [0.15, 0.2) is 30.9 Å². The van der Waals surface area contributed by atoms with E-state index < -0.39 is 5.97 Å². The zero-order valence-corrected chi connectivity index (χ0v) is 10.8. The van der Waals surface area contributed by atoms with Crippen molar-refractivity contribution < 1.29 is 9.90 Å². The number of hydrogen-bond acceptors (Lipinski definition) is 4. The van der Waals surface area contributed by atoms with Crippen LogP contribution in [0.25, 0.3) is 11.0 Å². The van der Waals surface area contributed by atoms with Gasteiger partial charge in [-0.2, -0.15) is 0 Å². The lowest BCUT2D eigenvalue weighted by atomic mass is 10.2. The van der Waals surface area contributed by atoms with Gasteiger partial charge in [-0.05, 0) is 24.6 Å². The number of fused-ring (bicyclic) bond motifs is 1. The summed E-state index contributed by atoms with van der Waals surface area (Å²) in [5.74, 6) is -0.864. The SMILES string of the molecule is C=CCCn1nnc2cc(N(C)CC(=O)O)ccc21. The van der Waals surface area contributed by atoms with E-state index >= 15 is 0 Å². The molecule has 0 aliphatic rings. The first kappa shape index (κ1) is 13.1. The van der Waals surface area contributed by atoms with Gasteiger partial charge in [-0.1, -0.05) is 11.3 Å². The van der Waals surface area contributed by atoms with Crippen molar-refractivity contribution in [2.75, 3.05) is 18.5 Å². The van der Waals surface area contributed by atoms with Crippen LogP contribution in [0.5, 0.6) is 0 Å². The lowest BCUT2D eigenvalue weighted by Gasteiger charge is -2.16. The predicted octanol–water partition coefficient (Wildman–Crippen LogP) is 1.53. The predicted molar refractivity (Wildman–Crippen MR) is 73.2 cm³/mol. The average molecular weight is 260 g/mol. The molecule has 1 aromatic carbocycles. The Morgan fingerprint density at radius 3 is 3.05 bits per heavy atom. The lowest BCUT2D eigenvalue weighted by molar-refractivity contribution is -0.135. The number of aryl methyl sites for hydroxylation is 1. The minimum atomic E-state index is -0.864. The molecule has 0 unspecified atom stereocenters. The zero-order chi connectivity index (χ0) is 13.8. The van der Waals surface area contributed by atoms with Crippen molar-refractivity contribution in [3.05, 3.63) is 30.9 Å². The lowest BCUT2D eigenvalue weighted by Crippen LogP contribution is -2.24. The summed E-state index contributed by atoms with van der Waals surface area (Å²) in [5, 5.41) is 17.0. The van der Waals surface area contributed by atoms with Crippen molar-refractivity contribution in [1.82, 2.24) is 15.0 Å². The van der Waals surface area contributed by atoms with Crippen LogP contribution in [0.2, 0.25) is 0 Å². The fraction of sp³-hybridized carbons (Fsp3) is 0.308. The normalized spacial score (nSPS) is 10.6. The second kappa shape index (κ2) is 5.51. The van der Waals surface area contributed by atoms with Crippen molar-refractivity contribution in [3.8, 4) is 0 Å². The van der Waals surface area contributed by atoms with Crippen molar-refractivity contribution in [1.29, 1.82) is 0 Å². The van der Waals surface area contributed by atoms with Gasteiger partial charge < -0.3 is 10.0 Å². The van der Waals surface area contributed by atoms with Gasteiger partial charge in [0.25, 0.3) is 0 Å². The van der Waals surface area contributed by atoms with Crippen LogP contribution in [-0.4, -0.2) is 39.7 Å². The molecule has 0 atom stereocenters. The van der Waals surface area contributed by atoms with Gasteiger partial charge in [0, 0.05) is 19.3 Å². The number of anilines is 1. The summed E-state index contributed by atoms with van der Waals surface area (Å²) in [5.41, 5.74) is 2.51. The molecule has 6 heteroatoms. The highest BCUT2D eigenvalue weighted by Gasteiger charge is 2.09. The molecule has 2 rings (SSSR count). The quantitative estimate of drug-likeness (QED) is 0.797. The monoisotopic (exact) mass is 260 g/mol. The Hall–Kier alpha value is -2.37. The number of carboxylic acids is 1. The topological polar surface area (TPSA) is 71.2 Å². The second-order valence-corrected chi connectivity index (χ2v) is 4.31. The minimum Gasteiger partial charge on any atom is -0.480 e. The van der Waals surface area contributed by atoms with Crippen LogP contribution in [0.3, 0.4) is 0 Å². The summed E-state index contributed by atoms with van der Waals surface area (Å²) < 4.78 is 1.82. The number of carboxylic acid groups (broad SMARTS) is 1. The van der Waals surface area contributed by atoms with Crippen LogP contribution in [0.4, 0.5) is 5.69 Å². The highest BCUT2D eigenvalue weighted by atomic mass is 16.4. The molecule has 0 fully saturated rings. The molecule has 1 aromatic heterocycles. The molecule has 1 N–H and O–H groups in total. The number of aromatic nitrogens is 3. The molecule has 100 valence electrons. The molecule has 2 aromatic rings. The maximum absolute atomic E-state index is 10.7. The molecular weight excluding hydrogens is 244 g/mol. The van der Waals surface area contributed by atoms with Crippen molar-refractivity contribution in [3.63, 3.8) is 0 Å². The number of carbonyl (C=O) groups is 1. The third kappa shape index (κ3) is 2.90. The molecule has 1 heterocycles. The molecule has 0 saturated heterocycles. The fourth-order valence-corrected chi connectivity index (χ4v) is 1.87. The van der Waals surface area contributed by atoms with Gasteiger partial charge in [0.1, 0.15) is 12.1 Å². The van der Waals surface area contributed by atoms with E-state index in [0.717, 1.165) is 29.7 Å². The van der Waals surface area contributed by atoms with Crippen LogP contribution in [-0.2, 0) is 11.3 Å². The molecule has 0 radical (unpaired) electrons. The highest BCUT2D eigenvalue weighted by Crippen LogP contribution is 2.19. The van der Waals surface area contributed by atoms with Gasteiger partial charge in [-0.15, -0.1) is 11.7 Å². The summed E-state index contributed by atoms with van der Waals surface area (Å²) in [7, 11) is 1.73. The standard InChI is InChI=1S/C13H16N4O2/c1-3-4-7-17-12-6-5-10(8-11(12)14-15-17)16(2)9-13(18)19/h3,5-6,8H,1,4,7,9H2,2H3,(H,18,19). The Morgan fingerprint density at radius 1 is 1.58 bits per heavy atom. The van der Waals surface area contributed by atoms with E-state index in [2.05, 4.69) is 16.9 Å². The summed E-state index contributed by atoms with van der Waals surface area (Å²) >= 11 is 0.